The van der Waals surface area contributed by atoms with E-state index in [-0.39, 0.29) is 11.5 Å². The Morgan fingerprint density at radius 3 is 2.75 bits per heavy atom. The van der Waals surface area contributed by atoms with Crippen LogP contribution in [0.25, 0.3) is 0 Å². The van der Waals surface area contributed by atoms with Gasteiger partial charge in [0.15, 0.2) is 0 Å². The van der Waals surface area contributed by atoms with Gasteiger partial charge < -0.3 is 10.00 Å². The molecule has 104 valence electrons. The number of nitrogens with one attached hydrogen (secondary N) is 2. The van der Waals surface area contributed by atoms with Crippen molar-refractivity contribution in [2.75, 3.05) is 6.54 Å². The highest BCUT2D eigenvalue weighted by atomic mass is 16.2. The number of H-pyrrole nitrogens is 2. The maximum atomic E-state index is 12.5. The van der Waals surface area contributed by atoms with Crippen LogP contribution in [0.15, 0.2) is 23.0 Å². The molecule has 0 saturated carbocycles. The van der Waals surface area contributed by atoms with E-state index in [9.17, 15) is 9.59 Å². The Kier molecular flexibility index (Phi) is 2.97. The van der Waals surface area contributed by atoms with Gasteiger partial charge in [-0.25, -0.2) is 0 Å². The summed E-state index contributed by atoms with van der Waals surface area (Å²) in [5.74, 6) is -0.0145. The van der Waals surface area contributed by atoms with Crippen LogP contribution in [-0.2, 0) is 13.0 Å². The van der Waals surface area contributed by atoms with Crippen LogP contribution in [0.4, 0.5) is 0 Å². The number of amides is 1. The predicted octanol–water partition coefficient (Wildman–Crippen LogP) is 1.52. The summed E-state index contributed by atoms with van der Waals surface area (Å²) in [5.41, 5.74) is 4.42. The molecule has 1 aromatic heterocycles. The molecular weight excluding hydrogens is 254 g/mol. The zero-order valence-electron chi connectivity index (χ0n) is 11.6. The molecule has 0 saturated heterocycles. The fourth-order valence-corrected chi connectivity index (χ4v) is 2.55. The number of benzene rings is 1. The number of carbonyl (C=O) groups excluding carboxylic acids is 1. The summed E-state index contributed by atoms with van der Waals surface area (Å²) < 4.78 is 0. The summed E-state index contributed by atoms with van der Waals surface area (Å²) in [5, 5.41) is 5.44. The summed E-state index contributed by atoms with van der Waals surface area (Å²) in [7, 11) is 0. The lowest BCUT2D eigenvalue weighted by Crippen LogP contribution is -2.37. The van der Waals surface area contributed by atoms with Crippen molar-refractivity contribution in [3.05, 3.63) is 56.5 Å². The second kappa shape index (κ2) is 4.67. The Hall–Kier alpha value is -2.30. The van der Waals surface area contributed by atoms with Gasteiger partial charge in [0.1, 0.15) is 0 Å². The van der Waals surface area contributed by atoms with Crippen molar-refractivity contribution < 1.29 is 4.79 Å². The lowest BCUT2D eigenvalue weighted by Gasteiger charge is -2.26. The molecule has 5 nitrogen and oxygen atoms in total. The Bertz CT molecular complexity index is 727. The average Bonchev–Trinajstić information content (AvgIpc) is 2.82. The van der Waals surface area contributed by atoms with Crippen molar-refractivity contribution >= 4 is 5.91 Å². The van der Waals surface area contributed by atoms with E-state index < -0.39 is 0 Å². The van der Waals surface area contributed by atoms with Crippen molar-refractivity contribution in [2.45, 2.75) is 26.8 Å². The highest BCUT2D eigenvalue weighted by Gasteiger charge is 2.24. The van der Waals surface area contributed by atoms with Crippen LogP contribution in [0.1, 0.15) is 32.7 Å². The van der Waals surface area contributed by atoms with Crippen LogP contribution in [0.5, 0.6) is 0 Å². The minimum atomic E-state index is -0.127. The second-order valence-electron chi connectivity index (χ2n) is 5.31. The van der Waals surface area contributed by atoms with E-state index in [4.69, 9.17) is 0 Å². The first-order chi connectivity index (χ1) is 9.56. The van der Waals surface area contributed by atoms with E-state index in [1.165, 1.54) is 5.56 Å². The molecule has 0 spiro atoms. The highest BCUT2D eigenvalue weighted by molar-refractivity contribution is 5.94. The number of carbonyl (C=O) groups is 1. The maximum absolute atomic E-state index is 12.5. The summed E-state index contributed by atoms with van der Waals surface area (Å²) in [6.45, 7) is 5.03. The van der Waals surface area contributed by atoms with Gasteiger partial charge in [0.2, 0.25) is 0 Å². The quantitative estimate of drug-likeness (QED) is 0.825. The first kappa shape index (κ1) is 12.7. The lowest BCUT2D eigenvalue weighted by molar-refractivity contribution is 0.0733. The third-order valence-corrected chi connectivity index (χ3v) is 3.99. The third-order valence-electron chi connectivity index (χ3n) is 3.99. The Labute approximate surface area is 116 Å². The van der Waals surface area contributed by atoms with Crippen molar-refractivity contribution in [1.29, 1.82) is 0 Å². The van der Waals surface area contributed by atoms with Gasteiger partial charge in [-0.15, -0.1) is 0 Å². The smallest absolute Gasteiger partial charge is 0.269 e. The molecule has 3 rings (SSSR count). The molecule has 0 aliphatic carbocycles. The monoisotopic (exact) mass is 271 g/mol. The van der Waals surface area contributed by atoms with Gasteiger partial charge in [0.25, 0.3) is 11.5 Å². The maximum Gasteiger partial charge on any atom is 0.269 e. The summed E-state index contributed by atoms with van der Waals surface area (Å²) >= 11 is 0. The highest BCUT2D eigenvalue weighted by Crippen LogP contribution is 2.17. The third kappa shape index (κ3) is 2.05. The standard InChI is InChI=1S/C15H17N3O2/c1-9-3-4-11(7-10(9)2)15(20)18-6-5-13-12(8-18)14(19)17-16-13/h3-4,7H,5-6,8H2,1-2H3,(H2,16,17,19). The number of aromatic nitrogens is 2. The van der Waals surface area contributed by atoms with Crippen LogP contribution in [0.3, 0.4) is 0 Å². The molecule has 2 N–H and O–H groups in total. The van der Waals surface area contributed by atoms with Crippen LogP contribution in [-0.4, -0.2) is 27.5 Å². The SMILES string of the molecule is Cc1ccc(C(=O)N2CCc3[nH][nH]c(=O)c3C2)cc1C. The molecule has 0 unspecified atom stereocenters. The van der Waals surface area contributed by atoms with Gasteiger partial charge in [-0.3, -0.25) is 14.7 Å². The molecule has 2 aromatic rings. The molecule has 1 aliphatic rings. The summed E-state index contributed by atoms with van der Waals surface area (Å²) in [6, 6.07) is 5.72. The van der Waals surface area contributed by atoms with E-state index in [1.54, 1.807) is 4.90 Å². The van der Waals surface area contributed by atoms with Crippen LogP contribution < -0.4 is 5.56 Å². The first-order valence-corrected chi connectivity index (χ1v) is 6.71. The zero-order chi connectivity index (χ0) is 14.3. The fraction of sp³-hybridized carbons (Fsp3) is 0.333. The molecule has 1 aliphatic heterocycles. The summed E-state index contributed by atoms with van der Waals surface area (Å²) in [6.07, 6.45) is 0.685. The van der Waals surface area contributed by atoms with E-state index in [1.807, 2.05) is 32.0 Å². The molecule has 1 aromatic carbocycles. The summed E-state index contributed by atoms with van der Waals surface area (Å²) in [4.78, 5) is 25.9. The van der Waals surface area contributed by atoms with Crippen molar-refractivity contribution in [2.24, 2.45) is 0 Å². The van der Waals surface area contributed by atoms with E-state index in [0.29, 0.717) is 30.6 Å². The molecule has 0 fully saturated rings. The van der Waals surface area contributed by atoms with Gasteiger partial charge in [-0.2, -0.15) is 0 Å². The molecule has 20 heavy (non-hydrogen) atoms. The fourth-order valence-electron chi connectivity index (χ4n) is 2.55. The number of rotatable bonds is 1. The number of fused-ring (bicyclic) bond motifs is 1. The zero-order valence-corrected chi connectivity index (χ0v) is 11.6. The van der Waals surface area contributed by atoms with Crippen molar-refractivity contribution in [1.82, 2.24) is 15.1 Å². The molecule has 0 bridgehead atoms. The first-order valence-electron chi connectivity index (χ1n) is 6.71. The number of aromatic amines is 2. The largest absolute Gasteiger partial charge is 0.334 e. The molecular formula is C15H17N3O2. The normalized spacial score (nSPS) is 14.2. The van der Waals surface area contributed by atoms with Crippen LogP contribution >= 0.6 is 0 Å². The Morgan fingerprint density at radius 2 is 2.00 bits per heavy atom. The van der Waals surface area contributed by atoms with Gasteiger partial charge in [-0.05, 0) is 37.1 Å². The minimum absolute atomic E-state index is 0.0145. The van der Waals surface area contributed by atoms with E-state index >= 15 is 0 Å². The molecule has 2 heterocycles. The van der Waals surface area contributed by atoms with Crippen molar-refractivity contribution in [3.63, 3.8) is 0 Å². The lowest BCUT2D eigenvalue weighted by atomic mass is 10.0. The van der Waals surface area contributed by atoms with Crippen LogP contribution in [0.2, 0.25) is 0 Å². The van der Waals surface area contributed by atoms with Gasteiger partial charge in [0, 0.05) is 24.2 Å². The Morgan fingerprint density at radius 1 is 1.20 bits per heavy atom. The van der Waals surface area contributed by atoms with Gasteiger partial charge in [-0.1, -0.05) is 6.07 Å². The van der Waals surface area contributed by atoms with Gasteiger partial charge >= 0.3 is 0 Å². The van der Waals surface area contributed by atoms with Gasteiger partial charge in [0.05, 0.1) is 12.1 Å². The molecule has 0 radical (unpaired) electrons. The molecule has 5 heteroatoms. The minimum Gasteiger partial charge on any atom is -0.334 e. The number of nitrogens with zero attached hydrogens (tertiary/aromatic N) is 1. The van der Waals surface area contributed by atoms with E-state index in [0.717, 1.165) is 11.3 Å². The van der Waals surface area contributed by atoms with E-state index in [2.05, 4.69) is 10.2 Å². The van der Waals surface area contributed by atoms with Crippen LogP contribution in [0, 0.1) is 13.8 Å². The average molecular weight is 271 g/mol. The topological polar surface area (TPSA) is 69.0 Å². The molecule has 0 atom stereocenters. The number of hydrogen-bond acceptors (Lipinski definition) is 2. The number of aryl methyl sites for hydroxylation is 2. The number of hydrogen-bond donors (Lipinski definition) is 2. The Balaban J connectivity index is 1.87. The van der Waals surface area contributed by atoms with Crippen molar-refractivity contribution in [3.8, 4) is 0 Å². The predicted molar refractivity (Wildman–Crippen MR) is 75.8 cm³/mol. The second-order valence-corrected chi connectivity index (χ2v) is 5.31. The molecule has 1 amide bonds.